The molecule has 0 spiro atoms. The summed E-state index contributed by atoms with van der Waals surface area (Å²) in [6.07, 6.45) is 5.36. The molecule has 4 aliphatic heterocycles. The van der Waals surface area contributed by atoms with Crippen LogP contribution in [0.3, 0.4) is 0 Å². The van der Waals surface area contributed by atoms with Gasteiger partial charge in [-0.25, -0.2) is 9.59 Å². The van der Waals surface area contributed by atoms with Gasteiger partial charge in [-0.15, -0.1) is 0 Å². The molecule has 4 aliphatic rings. The number of hydrogen-bond acceptors (Lipinski definition) is 13. The van der Waals surface area contributed by atoms with Crippen molar-refractivity contribution in [1.29, 1.82) is 0 Å². The molecular formula is C49H82O13Si2. The SMILES string of the molecule is CC[Si](CC)(CC)O[C@H]1CC(=O)O[C@@H]([C@@H](C)O[Si](C)(C)C(C)(C)C)C[C@@H]2C/C(=C\C(=O)OC)C=C(O2)C(C)(C)/C=C/[C@H]2C/C(=C\C(=O)OC)C[C@@H](C[C@]3(O)O[C@H](C1)C[C@H](O)C3(C)C)O2. The van der Waals surface area contributed by atoms with E-state index in [0.29, 0.717) is 30.6 Å². The molecule has 4 heterocycles. The summed E-state index contributed by atoms with van der Waals surface area (Å²) in [4.78, 5) is 39.8. The Morgan fingerprint density at radius 3 is 2.11 bits per heavy atom. The van der Waals surface area contributed by atoms with Crippen molar-refractivity contribution in [2.24, 2.45) is 10.8 Å². The molecule has 6 bridgehead atoms. The lowest BCUT2D eigenvalue weighted by Crippen LogP contribution is -2.61. The van der Waals surface area contributed by atoms with Crippen LogP contribution in [-0.2, 0) is 51.7 Å². The van der Waals surface area contributed by atoms with Crippen molar-refractivity contribution < 1.29 is 61.9 Å². The lowest BCUT2D eigenvalue weighted by Gasteiger charge is -2.53. The number of methoxy groups -OCH3 is 2. The number of aliphatic hydroxyl groups excluding tert-OH is 1. The molecule has 364 valence electrons. The molecule has 0 aromatic rings. The van der Waals surface area contributed by atoms with E-state index in [1.165, 1.54) is 26.4 Å². The molecule has 0 amide bonds. The third-order valence-electron chi connectivity index (χ3n) is 14.8. The van der Waals surface area contributed by atoms with Gasteiger partial charge in [0.2, 0.25) is 0 Å². The van der Waals surface area contributed by atoms with Gasteiger partial charge < -0.3 is 47.5 Å². The predicted molar refractivity (Wildman–Crippen MR) is 251 cm³/mol. The normalized spacial score (nSPS) is 32.9. The maximum atomic E-state index is 14.5. The van der Waals surface area contributed by atoms with E-state index in [4.69, 9.17) is 37.3 Å². The van der Waals surface area contributed by atoms with Gasteiger partial charge in [-0.05, 0) is 87.9 Å². The largest absolute Gasteiger partial charge is 0.493 e. The quantitative estimate of drug-likeness (QED) is 0.0701. The molecule has 2 saturated heterocycles. The summed E-state index contributed by atoms with van der Waals surface area (Å²) >= 11 is 0. The van der Waals surface area contributed by atoms with Gasteiger partial charge in [-0.3, -0.25) is 4.79 Å². The monoisotopic (exact) mass is 935 g/mol. The molecule has 9 atom stereocenters. The number of aliphatic hydroxyl groups is 2. The number of hydrogen-bond donors (Lipinski definition) is 2. The van der Waals surface area contributed by atoms with Gasteiger partial charge in [-0.2, -0.15) is 0 Å². The number of fused-ring (bicyclic) bond motifs is 6. The molecule has 15 heteroatoms. The molecule has 0 saturated carbocycles. The fraction of sp³-hybridized carbons (Fsp3) is 0.776. The highest BCUT2D eigenvalue weighted by Gasteiger charge is 2.56. The summed E-state index contributed by atoms with van der Waals surface area (Å²) in [6, 6.07) is 2.54. The van der Waals surface area contributed by atoms with Crippen LogP contribution in [0.4, 0.5) is 0 Å². The molecule has 13 nitrogen and oxygen atoms in total. The van der Waals surface area contributed by atoms with Crippen LogP contribution in [0.5, 0.6) is 0 Å². The van der Waals surface area contributed by atoms with Gasteiger partial charge in [0.15, 0.2) is 22.4 Å². The first-order valence-corrected chi connectivity index (χ1v) is 29.0. The van der Waals surface area contributed by atoms with E-state index >= 15 is 0 Å². The van der Waals surface area contributed by atoms with E-state index in [0.717, 1.165) is 23.7 Å². The molecule has 4 rings (SSSR count). The van der Waals surface area contributed by atoms with Crippen molar-refractivity contribution in [3.05, 3.63) is 47.3 Å². The maximum Gasteiger partial charge on any atom is 0.330 e. The third-order valence-corrected chi connectivity index (χ3v) is 24.1. The molecular weight excluding hydrogens is 853 g/mol. The van der Waals surface area contributed by atoms with E-state index < -0.39 is 100.0 Å². The van der Waals surface area contributed by atoms with E-state index in [-0.39, 0.29) is 37.1 Å². The summed E-state index contributed by atoms with van der Waals surface area (Å²) in [6.45, 7) is 26.8. The summed E-state index contributed by atoms with van der Waals surface area (Å²) in [7, 11) is -2.01. The fourth-order valence-corrected chi connectivity index (χ4v) is 13.4. The Hall–Kier alpha value is -2.64. The van der Waals surface area contributed by atoms with Crippen molar-refractivity contribution >= 4 is 34.5 Å². The van der Waals surface area contributed by atoms with Crippen LogP contribution in [0.2, 0.25) is 36.3 Å². The Bertz CT molecular complexity index is 1750. The second-order valence-corrected chi connectivity index (χ2v) is 30.8. The second kappa shape index (κ2) is 21.5. The summed E-state index contributed by atoms with van der Waals surface area (Å²) in [5.41, 5.74) is -0.361. The smallest absolute Gasteiger partial charge is 0.330 e. The van der Waals surface area contributed by atoms with Gasteiger partial charge in [0, 0.05) is 48.7 Å². The molecule has 0 radical (unpaired) electrons. The number of esters is 3. The van der Waals surface area contributed by atoms with Crippen molar-refractivity contribution in [3.63, 3.8) is 0 Å². The van der Waals surface area contributed by atoms with Crippen LogP contribution in [0, 0.1) is 10.8 Å². The van der Waals surface area contributed by atoms with Gasteiger partial charge >= 0.3 is 17.9 Å². The van der Waals surface area contributed by atoms with Crippen LogP contribution in [-0.4, -0.2) is 114 Å². The Labute approximate surface area is 385 Å². The minimum atomic E-state index is -2.36. The average molecular weight is 935 g/mol. The molecule has 2 fully saturated rings. The topological polar surface area (TPSA) is 166 Å². The zero-order valence-electron chi connectivity index (χ0n) is 41.7. The number of carbonyl (C=O) groups is 3. The van der Waals surface area contributed by atoms with Crippen LogP contribution >= 0.6 is 0 Å². The summed E-state index contributed by atoms with van der Waals surface area (Å²) in [5.74, 6) is -2.71. The van der Waals surface area contributed by atoms with Crippen molar-refractivity contribution in [2.75, 3.05) is 14.2 Å². The number of rotatable bonds is 10. The number of cyclic esters (lactones) is 1. The molecule has 2 N–H and O–H groups in total. The van der Waals surface area contributed by atoms with Crippen LogP contribution in [0.25, 0.3) is 0 Å². The highest BCUT2D eigenvalue weighted by molar-refractivity contribution is 6.74. The highest BCUT2D eigenvalue weighted by atomic mass is 28.4. The zero-order chi connectivity index (χ0) is 48.1. The van der Waals surface area contributed by atoms with Crippen LogP contribution in [0.15, 0.2) is 47.3 Å². The van der Waals surface area contributed by atoms with Crippen molar-refractivity contribution in [2.45, 2.75) is 218 Å². The number of carbonyl (C=O) groups excluding carboxylic acids is 3. The van der Waals surface area contributed by atoms with Crippen LogP contribution < -0.4 is 0 Å². The molecule has 0 unspecified atom stereocenters. The van der Waals surface area contributed by atoms with E-state index in [2.05, 4.69) is 54.6 Å². The number of allylic oxidation sites excluding steroid dienone is 2. The van der Waals surface area contributed by atoms with E-state index in [1.807, 2.05) is 39.0 Å². The van der Waals surface area contributed by atoms with Crippen molar-refractivity contribution in [1.82, 2.24) is 0 Å². The lowest BCUT2D eigenvalue weighted by atomic mass is 9.70. The van der Waals surface area contributed by atoms with E-state index in [9.17, 15) is 24.6 Å². The Kier molecular flexibility index (Phi) is 18.2. The maximum absolute atomic E-state index is 14.5. The Balaban J connectivity index is 1.90. The molecule has 64 heavy (non-hydrogen) atoms. The third kappa shape index (κ3) is 13.5. The molecule has 0 aromatic carbocycles. The van der Waals surface area contributed by atoms with Crippen molar-refractivity contribution in [3.8, 4) is 0 Å². The fourth-order valence-electron chi connectivity index (χ4n) is 9.09. The van der Waals surface area contributed by atoms with E-state index in [1.54, 1.807) is 13.8 Å². The van der Waals surface area contributed by atoms with Gasteiger partial charge in [0.25, 0.3) is 0 Å². The minimum Gasteiger partial charge on any atom is -0.493 e. The number of ether oxygens (including phenoxy) is 6. The predicted octanol–water partition coefficient (Wildman–Crippen LogP) is 9.14. The average Bonchev–Trinajstić information content (AvgIpc) is 3.20. The van der Waals surface area contributed by atoms with Gasteiger partial charge in [0.05, 0.1) is 57.3 Å². The van der Waals surface area contributed by atoms with Gasteiger partial charge in [0.1, 0.15) is 18.0 Å². The lowest BCUT2D eigenvalue weighted by molar-refractivity contribution is -0.348. The molecule has 0 aromatic heterocycles. The zero-order valence-corrected chi connectivity index (χ0v) is 43.7. The first-order valence-electron chi connectivity index (χ1n) is 23.6. The standard InChI is InChI=1S/C49H82O13Si2/c1-16-64(17-2,18-3)62-38-27-37-29-41(50)48(10,11)49(54,60-37)31-39-23-33(25-43(51)55-12)21-35(57-39)19-20-47(8,9)42-24-34(26-44(52)56-13)22-36(58-42)28-40(59-45(53)30-38)32(4)61-63(14,15)46(5,6)7/h19-20,24-26,32,35-41,50,54H,16-18,21-23,27-31H2,1-15H3/b20-19+,33-25+,34-26+/t32-,35+,36+,37-,38-,39+,40-,41+,49+/m1/s1. The summed E-state index contributed by atoms with van der Waals surface area (Å²) in [5, 5.41) is 24.3. The van der Waals surface area contributed by atoms with Crippen LogP contribution in [0.1, 0.15) is 128 Å². The summed E-state index contributed by atoms with van der Waals surface area (Å²) < 4.78 is 50.8. The first kappa shape index (κ1) is 54.0. The highest BCUT2D eigenvalue weighted by Crippen LogP contribution is 2.48. The Morgan fingerprint density at radius 2 is 1.52 bits per heavy atom. The minimum absolute atomic E-state index is 0.00361. The van der Waals surface area contributed by atoms with Gasteiger partial charge in [-0.1, -0.05) is 73.1 Å². The second-order valence-electron chi connectivity index (χ2n) is 21.3. The molecule has 0 aliphatic carbocycles. The first-order chi connectivity index (χ1) is 29.6. The Morgan fingerprint density at radius 1 is 0.891 bits per heavy atom.